The summed E-state index contributed by atoms with van der Waals surface area (Å²) in [5.74, 6) is 0.725. The molecule has 19 heavy (non-hydrogen) atoms. The molecule has 2 heterocycles. The third kappa shape index (κ3) is 3.04. The molecule has 0 spiro atoms. The van der Waals surface area contributed by atoms with Crippen molar-refractivity contribution in [1.29, 1.82) is 5.26 Å². The van der Waals surface area contributed by atoms with E-state index >= 15 is 0 Å². The minimum absolute atomic E-state index is 0.293. The van der Waals surface area contributed by atoms with Crippen LogP contribution in [-0.4, -0.2) is 18.1 Å². The fourth-order valence-corrected chi connectivity index (χ4v) is 2.72. The maximum atomic E-state index is 8.81. The summed E-state index contributed by atoms with van der Waals surface area (Å²) >= 11 is 1.75. The van der Waals surface area contributed by atoms with Crippen molar-refractivity contribution < 1.29 is 0 Å². The van der Waals surface area contributed by atoms with Crippen LogP contribution in [-0.2, 0) is 6.42 Å². The van der Waals surface area contributed by atoms with Crippen LogP contribution < -0.4 is 10.6 Å². The highest BCUT2D eigenvalue weighted by molar-refractivity contribution is 7.09. The fourth-order valence-electron chi connectivity index (χ4n) is 1.90. The van der Waals surface area contributed by atoms with E-state index in [1.165, 1.54) is 4.88 Å². The molecule has 0 bridgehead atoms. The van der Waals surface area contributed by atoms with Crippen molar-refractivity contribution in [3.63, 3.8) is 0 Å². The van der Waals surface area contributed by atoms with E-state index in [2.05, 4.69) is 34.3 Å². The van der Waals surface area contributed by atoms with Gasteiger partial charge in [-0.25, -0.2) is 4.98 Å². The van der Waals surface area contributed by atoms with Gasteiger partial charge < -0.3 is 10.6 Å². The molecule has 0 aliphatic heterocycles. The van der Waals surface area contributed by atoms with Gasteiger partial charge in [-0.2, -0.15) is 5.26 Å². The summed E-state index contributed by atoms with van der Waals surface area (Å²) in [6.07, 6.45) is 2.51. The van der Waals surface area contributed by atoms with E-state index in [1.807, 2.05) is 13.1 Å². The molecular formula is C14H16N4S. The zero-order valence-electron chi connectivity index (χ0n) is 11.0. The van der Waals surface area contributed by atoms with Crippen LogP contribution >= 0.6 is 11.3 Å². The number of likely N-dealkylation sites (N-methyl/N-ethyl adjacent to an activating group) is 1. The fraction of sp³-hybridized carbons (Fsp3) is 0.286. The Morgan fingerprint density at radius 1 is 1.58 bits per heavy atom. The molecule has 0 saturated carbocycles. The van der Waals surface area contributed by atoms with Crippen LogP contribution in [0.2, 0.25) is 0 Å². The first-order valence-electron chi connectivity index (χ1n) is 6.02. The smallest absolute Gasteiger partial charge is 0.151 e. The summed E-state index contributed by atoms with van der Waals surface area (Å²) in [5.41, 5.74) is 6.98. The van der Waals surface area contributed by atoms with Crippen molar-refractivity contribution in [3.05, 3.63) is 40.2 Å². The average Bonchev–Trinajstić information content (AvgIpc) is 2.90. The first-order chi connectivity index (χ1) is 9.11. The number of hydrogen-bond donors (Lipinski definition) is 1. The van der Waals surface area contributed by atoms with E-state index in [0.29, 0.717) is 17.3 Å². The van der Waals surface area contributed by atoms with Crippen LogP contribution in [0.3, 0.4) is 0 Å². The van der Waals surface area contributed by atoms with Crippen LogP contribution in [0, 0.1) is 11.3 Å². The lowest BCUT2D eigenvalue weighted by Crippen LogP contribution is -2.31. The highest BCUT2D eigenvalue weighted by atomic mass is 32.1. The summed E-state index contributed by atoms with van der Waals surface area (Å²) in [6, 6.07) is 8.18. The molecule has 0 saturated heterocycles. The quantitative estimate of drug-likeness (QED) is 0.929. The molecule has 1 unspecified atom stereocenters. The summed E-state index contributed by atoms with van der Waals surface area (Å²) in [6.45, 7) is 2.14. The SMILES string of the molecule is CC(Cc1cccs1)N(C)c1ncc(C#N)cc1N. The molecule has 0 aliphatic rings. The molecule has 5 heteroatoms. The van der Waals surface area contributed by atoms with E-state index in [4.69, 9.17) is 11.0 Å². The monoisotopic (exact) mass is 272 g/mol. The van der Waals surface area contributed by atoms with Crippen molar-refractivity contribution in [2.45, 2.75) is 19.4 Å². The molecular weight excluding hydrogens is 256 g/mol. The zero-order chi connectivity index (χ0) is 13.8. The van der Waals surface area contributed by atoms with Gasteiger partial charge in [0.25, 0.3) is 0 Å². The predicted molar refractivity (Wildman–Crippen MR) is 79.3 cm³/mol. The van der Waals surface area contributed by atoms with Crippen LogP contribution in [0.15, 0.2) is 29.8 Å². The number of pyridine rings is 1. The van der Waals surface area contributed by atoms with Gasteiger partial charge in [-0.15, -0.1) is 11.3 Å². The number of nitrogens with two attached hydrogens (primary N) is 1. The lowest BCUT2D eigenvalue weighted by atomic mass is 10.1. The highest BCUT2D eigenvalue weighted by Crippen LogP contribution is 2.23. The predicted octanol–water partition coefficient (Wildman–Crippen LogP) is 2.66. The number of thiophene rings is 1. The molecule has 0 radical (unpaired) electrons. The van der Waals surface area contributed by atoms with Crippen molar-refractivity contribution in [2.75, 3.05) is 17.7 Å². The second-order valence-electron chi connectivity index (χ2n) is 4.49. The van der Waals surface area contributed by atoms with Gasteiger partial charge in [0.15, 0.2) is 5.82 Å². The van der Waals surface area contributed by atoms with E-state index in [1.54, 1.807) is 23.6 Å². The van der Waals surface area contributed by atoms with Gasteiger partial charge in [-0.3, -0.25) is 0 Å². The van der Waals surface area contributed by atoms with Gasteiger partial charge in [-0.05, 0) is 24.4 Å². The highest BCUT2D eigenvalue weighted by Gasteiger charge is 2.15. The minimum Gasteiger partial charge on any atom is -0.396 e. The van der Waals surface area contributed by atoms with Gasteiger partial charge in [0.1, 0.15) is 6.07 Å². The summed E-state index contributed by atoms with van der Waals surface area (Å²) in [4.78, 5) is 7.67. The van der Waals surface area contributed by atoms with Crippen molar-refractivity contribution in [3.8, 4) is 6.07 Å². The third-order valence-corrected chi connectivity index (χ3v) is 3.99. The van der Waals surface area contributed by atoms with Crippen LogP contribution in [0.1, 0.15) is 17.4 Å². The van der Waals surface area contributed by atoms with E-state index in [-0.39, 0.29) is 0 Å². The number of anilines is 2. The molecule has 0 aromatic carbocycles. The molecule has 1 atom stereocenters. The Morgan fingerprint density at radius 2 is 2.37 bits per heavy atom. The number of nitrogen functional groups attached to an aromatic ring is 1. The minimum atomic E-state index is 0.293. The zero-order valence-corrected chi connectivity index (χ0v) is 11.8. The average molecular weight is 272 g/mol. The Hall–Kier alpha value is -2.06. The molecule has 0 amide bonds. The Balaban J connectivity index is 2.15. The number of aromatic nitrogens is 1. The third-order valence-electron chi connectivity index (χ3n) is 3.10. The maximum absolute atomic E-state index is 8.81. The number of hydrogen-bond acceptors (Lipinski definition) is 5. The van der Waals surface area contributed by atoms with Gasteiger partial charge in [-0.1, -0.05) is 6.07 Å². The molecule has 0 fully saturated rings. The summed E-state index contributed by atoms with van der Waals surface area (Å²) in [5, 5.41) is 10.9. The second kappa shape index (κ2) is 5.72. The lowest BCUT2D eigenvalue weighted by molar-refractivity contribution is 0.681. The van der Waals surface area contributed by atoms with Crippen molar-refractivity contribution >= 4 is 22.8 Å². The van der Waals surface area contributed by atoms with Gasteiger partial charge in [0.05, 0.1) is 11.3 Å². The second-order valence-corrected chi connectivity index (χ2v) is 5.52. The Morgan fingerprint density at radius 3 is 2.95 bits per heavy atom. The molecule has 0 aliphatic carbocycles. The molecule has 2 aromatic heterocycles. The van der Waals surface area contributed by atoms with Crippen LogP contribution in [0.5, 0.6) is 0 Å². The normalized spacial score (nSPS) is 11.8. The van der Waals surface area contributed by atoms with Gasteiger partial charge in [0.2, 0.25) is 0 Å². The molecule has 98 valence electrons. The summed E-state index contributed by atoms with van der Waals surface area (Å²) in [7, 11) is 1.98. The Kier molecular flexibility index (Phi) is 4.03. The Labute approximate surface area is 117 Å². The first-order valence-corrected chi connectivity index (χ1v) is 6.90. The van der Waals surface area contributed by atoms with Gasteiger partial charge >= 0.3 is 0 Å². The molecule has 2 rings (SSSR count). The molecule has 2 N–H and O–H groups in total. The largest absolute Gasteiger partial charge is 0.396 e. The first kappa shape index (κ1) is 13.4. The number of rotatable bonds is 4. The maximum Gasteiger partial charge on any atom is 0.151 e. The Bertz CT molecular complexity index is 586. The molecule has 4 nitrogen and oxygen atoms in total. The number of nitriles is 1. The molecule has 2 aromatic rings. The standard InChI is InChI=1S/C14H16N4S/c1-10(6-12-4-3-5-19-12)18(2)14-13(16)7-11(8-15)9-17-14/h3-5,7,9-10H,6,16H2,1-2H3. The summed E-state index contributed by atoms with van der Waals surface area (Å²) < 4.78 is 0. The van der Waals surface area contributed by atoms with E-state index < -0.39 is 0 Å². The topological polar surface area (TPSA) is 65.9 Å². The van der Waals surface area contributed by atoms with Crippen LogP contribution in [0.25, 0.3) is 0 Å². The van der Waals surface area contributed by atoms with E-state index in [0.717, 1.165) is 12.2 Å². The van der Waals surface area contributed by atoms with Gasteiger partial charge in [0, 0.05) is 30.6 Å². The van der Waals surface area contributed by atoms with Crippen molar-refractivity contribution in [1.82, 2.24) is 4.98 Å². The number of nitrogens with zero attached hydrogens (tertiary/aromatic N) is 3. The van der Waals surface area contributed by atoms with Crippen molar-refractivity contribution in [2.24, 2.45) is 0 Å². The van der Waals surface area contributed by atoms with E-state index in [9.17, 15) is 0 Å². The lowest BCUT2D eigenvalue weighted by Gasteiger charge is -2.26. The van der Waals surface area contributed by atoms with Crippen LogP contribution in [0.4, 0.5) is 11.5 Å².